The van der Waals surface area contributed by atoms with Gasteiger partial charge in [-0.05, 0) is 12.1 Å². The van der Waals surface area contributed by atoms with E-state index in [-0.39, 0.29) is 5.56 Å². The first-order valence-corrected chi connectivity index (χ1v) is 5.96. The standard InChI is InChI=1S/C13H13N5O/c14-7-12-15-5-6-18(12)8-11-16-10-4-2-1-3-9(10)13(19)17-11/h1-6H,7-8,14H2,(H,16,17,19). The molecule has 0 bridgehead atoms. The van der Waals surface area contributed by atoms with Gasteiger partial charge in [-0.15, -0.1) is 0 Å². The van der Waals surface area contributed by atoms with Crippen LogP contribution in [0.25, 0.3) is 10.9 Å². The van der Waals surface area contributed by atoms with Crippen LogP contribution in [-0.2, 0) is 13.1 Å². The Labute approximate surface area is 108 Å². The fourth-order valence-corrected chi connectivity index (χ4v) is 2.05. The normalized spacial score (nSPS) is 11.0. The molecule has 0 spiro atoms. The molecule has 0 saturated heterocycles. The summed E-state index contributed by atoms with van der Waals surface area (Å²) < 4.78 is 1.87. The van der Waals surface area contributed by atoms with Gasteiger partial charge >= 0.3 is 0 Å². The Hall–Kier alpha value is -2.47. The highest BCUT2D eigenvalue weighted by molar-refractivity contribution is 5.77. The summed E-state index contributed by atoms with van der Waals surface area (Å²) in [5.41, 5.74) is 6.15. The summed E-state index contributed by atoms with van der Waals surface area (Å²) in [6.45, 7) is 0.803. The third kappa shape index (κ3) is 2.13. The predicted molar refractivity (Wildman–Crippen MR) is 71.6 cm³/mol. The van der Waals surface area contributed by atoms with E-state index in [1.54, 1.807) is 12.3 Å². The van der Waals surface area contributed by atoms with E-state index < -0.39 is 0 Å². The van der Waals surface area contributed by atoms with Gasteiger partial charge in [0, 0.05) is 12.4 Å². The molecule has 2 heterocycles. The van der Waals surface area contributed by atoms with Crippen molar-refractivity contribution in [3.63, 3.8) is 0 Å². The van der Waals surface area contributed by atoms with Crippen LogP contribution in [-0.4, -0.2) is 19.5 Å². The van der Waals surface area contributed by atoms with Gasteiger partial charge in [-0.1, -0.05) is 12.1 Å². The number of nitrogens with one attached hydrogen (secondary N) is 1. The lowest BCUT2D eigenvalue weighted by Crippen LogP contribution is -2.16. The molecule has 3 rings (SSSR count). The number of H-pyrrole nitrogens is 1. The molecular formula is C13H13N5O. The zero-order chi connectivity index (χ0) is 13.2. The summed E-state index contributed by atoms with van der Waals surface area (Å²) in [6.07, 6.45) is 3.50. The van der Waals surface area contributed by atoms with Gasteiger partial charge in [-0.25, -0.2) is 9.97 Å². The average molecular weight is 255 g/mol. The minimum absolute atomic E-state index is 0.130. The lowest BCUT2D eigenvalue weighted by atomic mass is 10.2. The van der Waals surface area contributed by atoms with Gasteiger partial charge in [-0.2, -0.15) is 0 Å². The number of imidazole rings is 1. The molecule has 0 aliphatic heterocycles. The van der Waals surface area contributed by atoms with E-state index in [9.17, 15) is 4.79 Å². The number of fused-ring (bicyclic) bond motifs is 1. The van der Waals surface area contributed by atoms with Gasteiger partial charge in [0.25, 0.3) is 5.56 Å². The number of nitrogens with two attached hydrogens (primary N) is 1. The fourth-order valence-electron chi connectivity index (χ4n) is 2.05. The number of rotatable bonds is 3. The lowest BCUT2D eigenvalue weighted by Gasteiger charge is -2.06. The molecule has 2 aromatic heterocycles. The van der Waals surface area contributed by atoms with Crippen molar-refractivity contribution in [3.05, 3.63) is 58.7 Å². The number of para-hydroxylation sites is 1. The van der Waals surface area contributed by atoms with Crippen LogP contribution in [0, 0.1) is 0 Å². The SMILES string of the molecule is NCc1nccn1Cc1nc2ccccc2c(=O)[nH]1. The monoisotopic (exact) mass is 255 g/mol. The fraction of sp³-hybridized carbons (Fsp3) is 0.154. The molecule has 6 heteroatoms. The zero-order valence-corrected chi connectivity index (χ0v) is 10.2. The number of aromatic amines is 1. The van der Waals surface area contributed by atoms with Crippen LogP contribution in [0.15, 0.2) is 41.5 Å². The molecule has 0 saturated carbocycles. The third-order valence-corrected chi connectivity index (χ3v) is 2.97. The maximum Gasteiger partial charge on any atom is 0.258 e. The van der Waals surface area contributed by atoms with Crippen molar-refractivity contribution in [1.29, 1.82) is 0 Å². The van der Waals surface area contributed by atoms with E-state index in [0.717, 1.165) is 5.82 Å². The van der Waals surface area contributed by atoms with Crippen molar-refractivity contribution in [2.45, 2.75) is 13.1 Å². The van der Waals surface area contributed by atoms with E-state index in [0.29, 0.717) is 29.8 Å². The first-order valence-electron chi connectivity index (χ1n) is 5.96. The van der Waals surface area contributed by atoms with Gasteiger partial charge in [-0.3, -0.25) is 4.79 Å². The number of benzene rings is 1. The Bertz CT molecular complexity index is 774. The molecule has 6 nitrogen and oxygen atoms in total. The van der Waals surface area contributed by atoms with Gasteiger partial charge < -0.3 is 15.3 Å². The predicted octanol–water partition coefficient (Wildman–Crippen LogP) is 0.627. The summed E-state index contributed by atoms with van der Waals surface area (Å²) in [5, 5.41) is 0.593. The Morgan fingerprint density at radius 2 is 2.16 bits per heavy atom. The molecule has 96 valence electrons. The van der Waals surface area contributed by atoms with Gasteiger partial charge in [0.1, 0.15) is 11.6 Å². The van der Waals surface area contributed by atoms with Crippen LogP contribution in [0.5, 0.6) is 0 Å². The summed E-state index contributed by atoms with van der Waals surface area (Å²) in [5.74, 6) is 1.35. The van der Waals surface area contributed by atoms with Crippen LogP contribution < -0.4 is 11.3 Å². The van der Waals surface area contributed by atoms with Crippen molar-refractivity contribution in [1.82, 2.24) is 19.5 Å². The van der Waals surface area contributed by atoms with Gasteiger partial charge in [0.15, 0.2) is 0 Å². The number of nitrogens with zero attached hydrogens (tertiary/aromatic N) is 3. The molecule has 0 aliphatic carbocycles. The molecular weight excluding hydrogens is 242 g/mol. The van der Waals surface area contributed by atoms with Crippen LogP contribution >= 0.6 is 0 Å². The van der Waals surface area contributed by atoms with E-state index in [4.69, 9.17) is 5.73 Å². The Balaban J connectivity index is 2.04. The Morgan fingerprint density at radius 3 is 3.00 bits per heavy atom. The van der Waals surface area contributed by atoms with Crippen molar-refractivity contribution >= 4 is 10.9 Å². The highest BCUT2D eigenvalue weighted by Gasteiger charge is 2.06. The summed E-state index contributed by atoms with van der Waals surface area (Å²) in [6, 6.07) is 7.27. The molecule has 0 radical (unpaired) electrons. The minimum atomic E-state index is -0.130. The van der Waals surface area contributed by atoms with Gasteiger partial charge in [0.05, 0.1) is 24.0 Å². The highest BCUT2D eigenvalue weighted by Crippen LogP contribution is 2.07. The Kier molecular flexibility index (Phi) is 2.85. The molecule has 0 aliphatic rings. The molecule has 3 N–H and O–H groups in total. The molecule has 0 amide bonds. The lowest BCUT2D eigenvalue weighted by molar-refractivity contribution is 0.691. The van der Waals surface area contributed by atoms with Crippen LogP contribution in [0.1, 0.15) is 11.6 Å². The summed E-state index contributed by atoms with van der Waals surface area (Å²) in [7, 11) is 0. The first kappa shape index (κ1) is 11.6. The van der Waals surface area contributed by atoms with Gasteiger partial charge in [0.2, 0.25) is 0 Å². The second kappa shape index (κ2) is 4.66. The zero-order valence-electron chi connectivity index (χ0n) is 10.2. The van der Waals surface area contributed by atoms with Crippen LogP contribution in [0.4, 0.5) is 0 Å². The number of aromatic nitrogens is 4. The topological polar surface area (TPSA) is 89.6 Å². The maximum atomic E-state index is 11.9. The average Bonchev–Trinajstić information content (AvgIpc) is 2.86. The second-order valence-corrected chi connectivity index (χ2v) is 4.21. The van der Waals surface area contributed by atoms with E-state index in [1.807, 2.05) is 29.0 Å². The van der Waals surface area contributed by atoms with Crippen molar-refractivity contribution < 1.29 is 0 Å². The first-order chi connectivity index (χ1) is 9.28. The molecule has 0 fully saturated rings. The van der Waals surface area contributed by atoms with Crippen molar-refractivity contribution in [2.24, 2.45) is 5.73 Å². The second-order valence-electron chi connectivity index (χ2n) is 4.21. The quantitative estimate of drug-likeness (QED) is 0.718. The summed E-state index contributed by atoms with van der Waals surface area (Å²) in [4.78, 5) is 23.3. The largest absolute Gasteiger partial charge is 0.326 e. The molecule has 0 atom stereocenters. The van der Waals surface area contributed by atoms with Crippen LogP contribution in [0.2, 0.25) is 0 Å². The van der Waals surface area contributed by atoms with Crippen LogP contribution in [0.3, 0.4) is 0 Å². The third-order valence-electron chi connectivity index (χ3n) is 2.97. The minimum Gasteiger partial charge on any atom is -0.326 e. The summed E-state index contributed by atoms with van der Waals surface area (Å²) >= 11 is 0. The Morgan fingerprint density at radius 1 is 1.32 bits per heavy atom. The van der Waals surface area contributed by atoms with E-state index in [1.165, 1.54) is 0 Å². The van der Waals surface area contributed by atoms with E-state index >= 15 is 0 Å². The number of hydrogen-bond donors (Lipinski definition) is 2. The molecule has 0 unspecified atom stereocenters. The molecule has 19 heavy (non-hydrogen) atoms. The highest BCUT2D eigenvalue weighted by atomic mass is 16.1. The van der Waals surface area contributed by atoms with Crippen molar-refractivity contribution in [3.8, 4) is 0 Å². The molecule has 3 aromatic rings. The van der Waals surface area contributed by atoms with Crippen molar-refractivity contribution in [2.75, 3.05) is 0 Å². The number of hydrogen-bond acceptors (Lipinski definition) is 4. The van der Waals surface area contributed by atoms with E-state index in [2.05, 4.69) is 15.0 Å². The smallest absolute Gasteiger partial charge is 0.258 e. The maximum absolute atomic E-state index is 11.9. The molecule has 1 aromatic carbocycles.